The van der Waals surface area contributed by atoms with Gasteiger partial charge in [-0.1, -0.05) is 12.1 Å². The van der Waals surface area contributed by atoms with Gasteiger partial charge in [0.05, 0.1) is 16.0 Å². The second kappa shape index (κ2) is 4.78. The number of nitrogens with one attached hydrogen (secondary N) is 2. The summed E-state index contributed by atoms with van der Waals surface area (Å²) in [5.41, 5.74) is 2.05. The van der Waals surface area contributed by atoms with Crippen LogP contribution in [0.25, 0.3) is 11.0 Å². The number of aromatic amines is 1. The normalized spacial score (nSPS) is 10.9. The Kier molecular flexibility index (Phi) is 2.98. The molecule has 0 fully saturated rings. The summed E-state index contributed by atoms with van der Waals surface area (Å²) in [6.07, 6.45) is 2.84. The number of imidazole rings is 1. The van der Waals surface area contributed by atoms with E-state index in [0.29, 0.717) is 0 Å². The Bertz CT molecular complexity index is 623. The summed E-state index contributed by atoms with van der Waals surface area (Å²) >= 11 is 1.75. The number of nitrogens with zero attached hydrogens (tertiary/aromatic N) is 2. The molecule has 0 aliphatic carbocycles. The van der Waals surface area contributed by atoms with Crippen LogP contribution in [-0.2, 0) is 6.42 Å². The van der Waals surface area contributed by atoms with E-state index < -0.39 is 0 Å². The summed E-state index contributed by atoms with van der Waals surface area (Å²) in [6.45, 7) is 2.92. The van der Waals surface area contributed by atoms with E-state index in [1.807, 2.05) is 30.5 Å². The number of rotatable bonds is 4. The van der Waals surface area contributed by atoms with Gasteiger partial charge in [-0.2, -0.15) is 0 Å². The fourth-order valence-corrected chi connectivity index (χ4v) is 2.63. The average Bonchev–Trinajstić information content (AvgIpc) is 2.95. The molecular formula is C13H14N4S. The minimum Gasteiger partial charge on any atom is -0.355 e. The maximum Gasteiger partial charge on any atom is 0.201 e. The Hall–Kier alpha value is -1.88. The predicted molar refractivity (Wildman–Crippen MR) is 75.1 cm³/mol. The summed E-state index contributed by atoms with van der Waals surface area (Å²) in [7, 11) is 0. The number of benzene rings is 1. The number of hydrogen-bond donors (Lipinski definition) is 2. The fraction of sp³-hybridized carbons (Fsp3) is 0.231. The van der Waals surface area contributed by atoms with Crippen LogP contribution in [0.1, 0.15) is 9.88 Å². The van der Waals surface area contributed by atoms with Crippen molar-refractivity contribution in [2.45, 2.75) is 13.3 Å². The van der Waals surface area contributed by atoms with E-state index in [4.69, 9.17) is 0 Å². The van der Waals surface area contributed by atoms with Gasteiger partial charge >= 0.3 is 0 Å². The molecule has 0 atom stereocenters. The van der Waals surface area contributed by atoms with Crippen LogP contribution in [0, 0.1) is 6.92 Å². The second-order valence-electron chi connectivity index (χ2n) is 4.14. The van der Waals surface area contributed by atoms with Crippen LogP contribution >= 0.6 is 11.3 Å². The number of anilines is 1. The smallest absolute Gasteiger partial charge is 0.201 e. The molecule has 0 radical (unpaired) electrons. The topological polar surface area (TPSA) is 53.6 Å². The highest BCUT2D eigenvalue weighted by atomic mass is 32.1. The Morgan fingerprint density at radius 2 is 2.22 bits per heavy atom. The Morgan fingerprint density at radius 3 is 3.00 bits per heavy atom. The number of fused-ring (bicyclic) bond motifs is 1. The molecule has 18 heavy (non-hydrogen) atoms. The van der Waals surface area contributed by atoms with E-state index in [2.05, 4.69) is 27.2 Å². The van der Waals surface area contributed by atoms with Gasteiger partial charge in [-0.25, -0.2) is 9.97 Å². The van der Waals surface area contributed by atoms with Crippen molar-refractivity contribution >= 4 is 28.3 Å². The van der Waals surface area contributed by atoms with Crippen LogP contribution in [0.15, 0.2) is 30.5 Å². The number of aryl methyl sites for hydroxylation is 1. The van der Waals surface area contributed by atoms with Gasteiger partial charge in [0.15, 0.2) is 0 Å². The first-order valence-electron chi connectivity index (χ1n) is 5.91. The van der Waals surface area contributed by atoms with Crippen LogP contribution in [-0.4, -0.2) is 21.5 Å². The van der Waals surface area contributed by atoms with Crippen LogP contribution in [0.4, 0.5) is 5.95 Å². The van der Waals surface area contributed by atoms with E-state index in [-0.39, 0.29) is 0 Å². The van der Waals surface area contributed by atoms with Gasteiger partial charge in [0, 0.05) is 24.0 Å². The maximum absolute atomic E-state index is 4.47. The number of H-pyrrole nitrogens is 1. The number of hydrogen-bond acceptors (Lipinski definition) is 4. The van der Waals surface area contributed by atoms with E-state index in [1.165, 1.54) is 4.88 Å². The van der Waals surface area contributed by atoms with Gasteiger partial charge in [-0.3, -0.25) is 0 Å². The molecular weight excluding hydrogens is 244 g/mol. The van der Waals surface area contributed by atoms with E-state index >= 15 is 0 Å². The molecule has 0 unspecified atom stereocenters. The van der Waals surface area contributed by atoms with Crippen LogP contribution in [0.5, 0.6) is 0 Å². The van der Waals surface area contributed by atoms with E-state index in [9.17, 15) is 0 Å². The standard InChI is InChI=1S/C13H14N4S/c1-9-8-15-12(18-9)6-7-14-13-16-10-4-2-3-5-11(10)17-13/h2-5,8H,6-7H2,1H3,(H2,14,16,17). The minimum absolute atomic E-state index is 0.824. The molecule has 0 spiro atoms. The van der Waals surface area contributed by atoms with Crippen LogP contribution in [0.2, 0.25) is 0 Å². The summed E-state index contributed by atoms with van der Waals surface area (Å²) in [4.78, 5) is 13.3. The zero-order valence-electron chi connectivity index (χ0n) is 10.1. The number of para-hydroxylation sites is 2. The monoisotopic (exact) mass is 258 g/mol. The molecule has 0 aliphatic heterocycles. The minimum atomic E-state index is 0.824. The molecule has 0 aliphatic rings. The molecule has 2 N–H and O–H groups in total. The summed E-state index contributed by atoms with van der Waals surface area (Å²) in [5.74, 6) is 0.824. The van der Waals surface area contributed by atoms with Gasteiger partial charge < -0.3 is 10.3 Å². The summed E-state index contributed by atoms with van der Waals surface area (Å²) < 4.78 is 0. The lowest BCUT2D eigenvalue weighted by Gasteiger charge is -1.99. The Balaban J connectivity index is 1.62. The summed E-state index contributed by atoms with van der Waals surface area (Å²) in [5, 5.41) is 4.45. The molecule has 2 aromatic heterocycles. The van der Waals surface area contributed by atoms with Crippen molar-refractivity contribution in [1.29, 1.82) is 0 Å². The Labute approximate surface area is 109 Å². The Morgan fingerprint density at radius 1 is 1.33 bits per heavy atom. The molecule has 2 heterocycles. The van der Waals surface area contributed by atoms with Gasteiger partial charge in [0.2, 0.25) is 5.95 Å². The quantitative estimate of drug-likeness (QED) is 0.756. The van der Waals surface area contributed by atoms with Gasteiger partial charge in [0.25, 0.3) is 0 Å². The molecule has 3 aromatic rings. The molecule has 92 valence electrons. The number of thiazole rings is 1. The third kappa shape index (κ3) is 2.36. The highest BCUT2D eigenvalue weighted by molar-refractivity contribution is 7.11. The molecule has 1 aromatic carbocycles. The van der Waals surface area contributed by atoms with Crippen molar-refractivity contribution < 1.29 is 0 Å². The predicted octanol–water partition coefficient (Wildman–Crippen LogP) is 2.98. The molecule has 0 saturated heterocycles. The highest BCUT2D eigenvalue weighted by Crippen LogP contribution is 2.14. The van der Waals surface area contributed by atoms with Crippen molar-refractivity contribution in [3.8, 4) is 0 Å². The van der Waals surface area contributed by atoms with E-state index in [0.717, 1.165) is 35.0 Å². The van der Waals surface area contributed by atoms with Crippen molar-refractivity contribution in [3.05, 3.63) is 40.3 Å². The van der Waals surface area contributed by atoms with Crippen molar-refractivity contribution in [3.63, 3.8) is 0 Å². The second-order valence-corrected chi connectivity index (χ2v) is 5.46. The molecule has 4 nitrogen and oxygen atoms in total. The van der Waals surface area contributed by atoms with Crippen LogP contribution < -0.4 is 5.32 Å². The van der Waals surface area contributed by atoms with Crippen LogP contribution in [0.3, 0.4) is 0 Å². The molecule has 0 saturated carbocycles. The largest absolute Gasteiger partial charge is 0.355 e. The molecule has 5 heteroatoms. The lowest BCUT2D eigenvalue weighted by atomic mass is 10.3. The lowest BCUT2D eigenvalue weighted by molar-refractivity contribution is 0.982. The zero-order valence-corrected chi connectivity index (χ0v) is 10.9. The molecule has 3 rings (SSSR count). The first-order valence-corrected chi connectivity index (χ1v) is 6.73. The summed E-state index contributed by atoms with van der Waals surface area (Å²) in [6, 6.07) is 8.02. The van der Waals surface area contributed by atoms with Crippen molar-refractivity contribution in [1.82, 2.24) is 15.0 Å². The molecule has 0 bridgehead atoms. The van der Waals surface area contributed by atoms with Gasteiger partial charge in [-0.05, 0) is 19.1 Å². The van der Waals surface area contributed by atoms with Gasteiger partial charge in [0.1, 0.15) is 0 Å². The van der Waals surface area contributed by atoms with E-state index in [1.54, 1.807) is 11.3 Å². The molecule has 0 amide bonds. The number of aromatic nitrogens is 3. The lowest BCUT2D eigenvalue weighted by Crippen LogP contribution is -2.05. The third-order valence-electron chi connectivity index (χ3n) is 2.69. The third-order valence-corrected chi connectivity index (χ3v) is 3.66. The van der Waals surface area contributed by atoms with Crippen molar-refractivity contribution in [2.24, 2.45) is 0 Å². The zero-order chi connectivity index (χ0) is 12.4. The van der Waals surface area contributed by atoms with Crippen molar-refractivity contribution in [2.75, 3.05) is 11.9 Å². The maximum atomic E-state index is 4.47. The SMILES string of the molecule is Cc1cnc(CCNc2nc3ccccc3[nH]2)s1. The first kappa shape index (κ1) is 11.2. The highest BCUT2D eigenvalue weighted by Gasteiger charge is 2.02. The first-order chi connectivity index (χ1) is 8.81. The average molecular weight is 258 g/mol. The fourth-order valence-electron chi connectivity index (χ4n) is 1.84. The van der Waals surface area contributed by atoms with Gasteiger partial charge in [-0.15, -0.1) is 11.3 Å².